The Hall–Kier alpha value is -1.26. The highest BCUT2D eigenvalue weighted by atomic mass is 16.5. The van der Waals surface area contributed by atoms with Crippen LogP contribution in [0.15, 0.2) is 18.2 Å². The molecule has 106 valence electrons. The molecule has 0 amide bonds. The Bertz CT molecular complexity index is 408. The van der Waals surface area contributed by atoms with Crippen molar-refractivity contribution in [2.75, 3.05) is 33.9 Å². The first-order valence-electron chi connectivity index (χ1n) is 6.81. The number of likely N-dealkylation sites (tertiary alicyclic amines) is 1. The summed E-state index contributed by atoms with van der Waals surface area (Å²) in [6, 6.07) is 5.89. The molecule has 1 N–H and O–H groups in total. The Morgan fingerprint density at radius 3 is 2.84 bits per heavy atom. The van der Waals surface area contributed by atoms with Gasteiger partial charge < -0.3 is 14.6 Å². The second kappa shape index (κ2) is 6.78. The van der Waals surface area contributed by atoms with Gasteiger partial charge in [-0.15, -0.1) is 0 Å². The highest BCUT2D eigenvalue weighted by Crippen LogP contribution is 2.27. The van der Waals surface area contributed by atoms with Crippen LogP contribution >= 0.6 is 0 Å². The molecule has 1 fully saturated rings. The number of nitrogens with zero attached hydrogens (tertiary/aromatic N) is 1. The highest BCUT2D eigenvalue weighted by Gasteiger charge is 2.20. The Kier molecular flexibility index (Phi) is 5.05. The SMILES string of the molecule is COc1ccc(OC)c(CN2CCC[C@H](CO)C2)c1. The predicted molar refractivity (Wildman–Crippen MR) is 74.6 cm³/mol. The zero-order valence-corrected chi connectivity index (χ0v) is 11.8. The number of hydrogen-bond acceptors (Lipinski definition) is 4. The molecule has 1 aromatic carbocycles. The van der Waals surface area contributed by atoms with Gasteiger partial charge in [-0.2, -0.15) is 0 Å². The largest absolute Gasteiger partial charge is 0.497 e. The van der Waals surface area contributed by atoms with E-state index >= 15 is 0 Å². The van der Waals surface area contributed by atoms with Crippen molar-refractivity contribution in [3.05, 3.63) is 23.8 Å². The average Bonchev–Trinajstić information content (AvgIpc) is 2.47. The lowest BCUT2D eigenvalue weighted by Gasteiger charge is -2.32. The first kappa shape index (κ1) is 14.2. The molecule has 1 aliphatic heterocycles. The van der Waals surface area contributed by atoms with Gasteiger partial charge >= 0.3 is 0 Å². The van der Waals surface area contributed by atoms with E-state index in [0.717, 1.165) is 49.5 Å². The van der Waals surface area contributed by atoms with Crippen LogP contribution in [0.1, 0.15) is 18.4 Å². The van der Waals surface area contributed by atoms with Crippen molar-refractivity contribution in [3.8, 4) is 11.5 Å². The molecule has 0 saturated carbocycles. The lowest BCUT2D eigenvalue weighted by molar-refractivity contribution is 0.115. The molecule has 4 nitrogen and oxygen atoms in total. The van der Waals surface area contributed by atoms with Gasteiger partial charge in [0.15, 0.2) is 0 Å². The molecule has 0 aliphatic carbocycles. The van der Waals surface area contributed by atoms with Crippen molar-refractivity contribution in [1.82, 2.24) is 4.90 Å². The van der Waals surface area contributed by atoms with Crippen LogP contribution in [-0.4, -0.2) is 43.9 Å². The molecule has 1 heterocycles. The highest BCUT2D eigenvalue weighted by molar-refractivity contribution is 5.40. The van der Waals surface area contributed by atoms with E-state index in [1.54, 1.807) is 14.2 Å². The topological polar surface area (TPSA) is 41.9 Å². The lowest BCUT2D eigenvalue weighted by Crippen LogP contribution is -2.36. The van der Waals surface area contributed by atoms with Gasteiger partial charge in [0.05, 0.1) is 14.2 Å². The molecule has 0 aromatic heterocycles. The van der Waals surface area contributed by atoms with Crippen molar-refractivity contribution >= 4 is 0 Å². The van der Waals surface area contributed by atoms with E-state index in [-0.39, 0.29) is 6.61 Å². The van der Waals surface area contributed by atoms with Crippen molar-refractivity contribution < 1.29 is 14.6 Å². The van der Waals surface area contributed by atoms with E-state index < -0.39 is 0 Å². The third kappa shape index (κ3) is 3.61. The minimum Gasteiger partial charge on any atom is -0.497 e. The van der Waals surface area contributed by atoms with Crippen molar-refractivity contribution in [3.63, 3.8) is 0 Å². The smallest absolute Gasteiger partial charge is 0.123 e. The van der Waals surface area contributed by atoms with Gasteiger partial charge in [-0.3, -0.25) is 4.90 Å². The second-order valence-corrected chi connectivity index (χ2v) is 5.10. The van der Waals surface area contributed by atoms with Gasteiger partial charge in [-0.1, -0.05) is 0 Å². The molecule has 19 heavy (non-hydrogen) atoms. The Morgan fingerprint density at radius 2 is 2.16 bits per heavy atom. The summed E-state index contributed by atoms with van der Waals surface area (Å²) in [5.74, 6) is 2.16. The van der Waals surface area contributed by atoms with E-state index in [4.69, 9.17) is 9.47 Å². The van der Waals surface area contributed by atoms with Crippen LogP contribution in [0.5, 0.6) is 11.5 Å². The molecule has 0 spiro atoms. The number of benzene rings is 1. The van der Waals surface area contributed by atoms with Crippen LogP contribution in [0, 0.1) is 5.92 Å². The van der Waals surface area contributed by atoms with Gasteiger partial charge in [0.1, 0.15) is 11.5 Å². The first-order chi connectivity index (χ1) is 9.26. The minimum atomic E-state index is 0.283. The van der Waals surface area contributed by atoms with Crippen molar-refractivity contribution in [2.24, 2.45) is 5.92 Å². The van der Waals surface area contributed by atoms with Gasteiger partial charge in [0.25, 0.3) is 0 Å². The Morgan fingerprint density at radius 1 is 1.32 bits per heavy atom. The molecule has 1 saturated heterocycles. The van der Waals surface area contributed by atoms with Gasteiger partial charge in [-0.05, 0) is 43.5 Å². The molecule has 2 rings (SSSR count). The number of hydrogen-bond donors (Lipinski definition) is 1. The van der Waals surface area contributed by atoms with Gasteiger partial charge in [0.2, 0.25) is 0 Å². The van der Waals surface area contributed by atoms with Crippen molar-refractivity contribution in [2.45, 2.75) is 19.4 Å². The van der Waals surface area contributed by atoms with Crippen LogP contribution in [0.4, 0.5) is 0 Å². The maximum atomic E-state index is 9.29. The molecule has 1 atom stereocenters. The number of rotatable bonds is 5. The summed E-state index contributed by atoms with van der Waals surface area (Å²) >= 11 is 0. The molecular formula is C15H23NO3. The fourth-order valence-corrected chi connectivity index (χ4v) is 2.69. The van der Waals surface area contributed by atoms with Crippen LogP contribution < -0.4 is 9.47 Å². The van der Waals surface area contributed by atoms with Crippen LogP contribution in [0.25, 0.3) is 0 Å². The first-order valence-corrected chi connectivity index (χ1v) is 6.81. The zero-order chi connectivity index (χ0) is 13.7. The number of aliphatic hydroxyl groups is 1. The predicted octanol–water partition coefficient (Wildman–Crippen LogP) is 1.91. The van der Waals surface area contributed by atoms with E-state index in [1.165, 1.54) is 0 Å². The number of aliphatic hydroxyl groups excluding tert-OH is 1. The Balaban J connectivity index is 2.08. The van der Waals surface area contributed by atoms with Gasteiger partial charge in [-0.25, -0.2) is 0 Å². The Labute approximate surface area is 114 Å². The zero-order valence-electron chi connectivity index (χ0n) is 11.8. The second-order valence-electron chi connectivity index (χ2n) is 5.10. The molecule has 4 heteroatoms. The standard InChI is InChI=1S/C15H23NO3/c1-18-14-5-6-15(19-2)13(8-14)10-16-7-3-4-12(9-16)11-17/h5-6,8,12,17H,3-4,7,9-11H2,1-2H3/t12-/m0/s1. The van der Waals surface area contributed by atoms with Crippen LogP contribution in [-0.2, 0) is 6.54 Å². The molecule has 0 unspecified atom stereocenters. The van der Waals surface area contributed by atoms with E-state index in [0.29, 0.717) is 5.92 Å². The third-order valence-electron chi connectivity index (χ3n) is 3.74. The fraction of sp³-hybridized carbons (Fsp3) is 0.600. The summed E-state index contributed by atoms with van der Waals surface area (Å²) in [5, 5.41) is 9.29. The maximum Gasteiger partial charge on any atom is 0.123 e. The number of ether oxygens (including phenoxy) is 2. The van der Waals surface area contributed by atoms with Gasteiger partial charge in [0, 0.05) is 25.3 Å². The summed E-state index contributed by atoms with van der Waals surface area (Å²) in [6.07, 6.45) is 2.28. The maximum absolute atomic E-state index is 9.29. The fourth-order valence-electron chi connectivity index (χ4n) is 2.69. The molecule has 1 aromatic rings. The summed E-state index contributed by atoms with van der Waals surface area (Å²) in [5.41, 5.74) is 1.14. The summed E-state index contributed by atoms with van der Waals surface area (Å²) < 4.78 is 10.7. The molecule has 0 bridgehead atoms. The normalized spacial score (nSPS) is 20.3. The number of piperidine rings is 1. The monoisotopic (exact) mass is 265 g/mol. The summed E-state index contributed by atoms with van der Waals surface area (Å²) in [6.45, 7) is 3.16. The van der Waals surface area contributed by atoms with E-state index in [1.807, 2.05) is 18.2 Å². The third-order valence-corrected chi connectivity index (χ3v) is 3.74. The minimum absolute atomic E-state index is 0.283. The van der Waals surface area contributed by atoms with E-state index in [2.05, 4.69) is 4.90 Å². The van der Waals surface area contributed by atoms with E-state index in [9.17, 15) is 5.11 Å². The van der Waals surface area contributed by atoms with Crippen molar-refractivity contribution in [1.29, 1.82) is 0 Å². The quantitative estimate of drug-likeness (QED) is 0.883. The average molecular weight is 265 g/mol. The van der Waals surface area contributed by atoms with Crippen LogP contribution in [0.3, 0.4) is 0 Å². The summed E-state index contributed by atoms with van der Waals surface area (Å²) in [7, 11) is 3.37. The molecule has 0 radical (unpaired) electrons. The summed E-state index contributed by atoms with van der Waals surface area (Å²) in [4.78, 5) is 2.38. The molecule has 1 aliphatic rings. The lowest BCUT2D eigenvalue weighted by atomic mass is 9.98. The number of methoxy groups -OCH3 is 2. The van der Waals surface area contributed by atoms with Crippen LogP contribution in [0.2, 0.25) is 0 Å². The molecular weight excluding hydrogens is 242 g/mol.